The molecular formula is C49H94O6. The molecule has 0 aromatic rings. The molecule has 0 saturated heterocycles. The van der Waals surface area contributed by atoms with E-state index < -0.39 is 6.10 Å². The Bertz CT molecular complexity index is 839. The number of hydrogen-bond donors (Lipinski definition) is 0. The van der Waals surface area contributed by atoms with Gasteiger partial charge in [-0.1, -0.05) is 227 Å². The molecule has 6 heteroatoms. The van der Waals surface area contributed by atoms with E-state index in [-0.39, 0.29) is 31.1 Å². The molecule has 55 heavy (non-hydrogen) atoms. The van der Waals surface area contributed by atoms with Crippen molar-refractivity contribution < 1.29 is 28.6 Å². The van der Waals surface area contributed by atoms with Gasteiger partial charge in [0.05, 0.1) is 0 Å². The highest BCUT2D eigenvalue weighted by Crippen LogP contribution is 2.17. The molecule has 0 heterocycles. The highest BCUT2D eigenvalue weighted by atomic mass is 16.6. The van der Waals surface area contributed by atoms with Gasteiger partial charge in [-0.2, -0.15) is 0 Å². The van der Waals surface area contributed by atoms with Gasteiger partial charge in [0.2, 0.25) is 0 Å². The van der Waals surface area contributed by atoms with E-state index in [1.54, 1.807) is 0 Å². The average molecular weight is 779 g/mol. The first kappa shape index (κ1) is 53.4. The summed E-state index contributed by atoms with van der Waals surface area (Å²) in [5.74, 6) is 0.785. The number of rotatable bonds is 43. The monoisotopic (exact) mass is 779 g/mol. The van der Waals surface area contributed by atoms with Crippen molar-refractivity contribution in [2.24, 2.45) is 11.8 Å². The third-order valence-electron chi connectivity index (χ3n) is 11.0. The maximum absolute atomic E-state index is 12.7. The number of unbranched alkanes of at least 4 members (excludes halogenated alkanes) is 28. The molecule has 0 bridgehead atoms. The Balaban J connectivity index is 4.30. The Kier molecular flexibility index (Phi) is 40.8. The molecule has 6 nitrogen and oxygen atoms in total. The van der Waals surface area contributed by atoms with Crippen LogP contribution >= 0.6 is 0 Å². The fourth-order valence-corrected chi connectivity index (χ4v) is 7.28. The molecule has 0 unspecified atom stereocenters. The lowest BCUT2D eigenvalue weighted by Gasteiger charge is -2.18. The zero-order valence-electron chi connectivity index (χ0n) is 37.6. The first-order valence-corrected chi connectivity index (χ1v) is 24.2. The van der Waals surface area contributed by atoms with Crippen molar-refractivity contribution in [3.8, 4) is 0 Å². The second-order valence-electron chi connectivity index (χ2n) is 17.7. The van der Waals surface area contributed by atoms with Gasteiger partial charge < -0.3 is 14.2 Å². The summed E-state index contributed by atoms with van der Waals surface area (Å²) in [5.41, 5.74) is 0. The zero-order chi connectivity index (χ0) is 40.5. The molecule has 0 aliphatic carbocycles. The Morgan fingerprint density at radius 1 is 0.345 bits per heavy atom. The van der Waals surface area contributed by atoms with Crippen LogP contribution in [0.5, 0.6) is 0 Å². The standard InChI is InChI=1S/C49H94O6/c1-6-7-8-9-10-11-19-24-29-34-39-47(50)53-42-46(55-49(52)41-36-31-26-21-16-18-23-28-33-38-45(4)5)43-54-48(51)40-35-30-25-20-15-13-12-14-17-22-27-32-37-44(2)3/h44-46H,6-43H2,1-5H3/t46-/m0/s1. The molecular weight excluding hydrogens is 685 g/mol. The summed E-state index contributed by atoms with van der Waals surface area (Å²) >= 11 is 0. The van der Waals surface area contributed by atoms with Gasteiger partial charge in [0.1, 0.15) is 13.2 Å². The summed E-state index contributed by atoms with van der Waals surface area (Å²) in [6.07, 6.45) is 40.9. The van der Waals surface area contributed by atoms with Crippen LogP contribution in [0.25, 0.3) is 0 Å². The van der Waals surface area contributed by atoms with E-state index in [0.717, 1.165) is 69.6 Å². The minimum absolute atomic E-state index is 0.0645. The summed E-state index contributed by atoms with van der Waals surface area (Å²) in [6.45, 7) is 11.3. The largest absolute Gasteiger partial charge is 0.462 e. The minimum atomic E-state index is -0.760. The Labute approximate surface area is 342 Å². The van der Waals surface area contributed by atoms with Crippen molar-refractivity contribution in [1.82, 2.24) is 0 Å². The summed E-state index contributed by atoms with van der Waals surface area (Å²) < 4.78 is 16.7. The normalized spacial score (nSPS) is 12.1. The summed E-state index contributed by atoms with van der Waals surface area (Å²) in [5, 5.41) is 0. The van der Waals surface area contributed by atoms with E-state index in [0.29, 0.717) is 19.3 Å². The van der Waals surface area contributed by atoms with Crippen LogP contribution in [0.2, 0.25) is 0 Å². The summed E-state index contributed by atoms with van der Waals surface area (Å²) in [7, 11) is 0. The Morgan fingerprint density at radius 3 is 0.891 bits per heavy atom. The number of esters is 3. The number of hydrogen-bond acceptors (Lipinski definition) is 6. The van der Waals surface area contributed by atoms with E-state index in [2.05, 4.69) is 34.6 Å². The smallest absolute Gasteiger partial charge is 0.306 e. The lowest BCUT2D eigenvalue weighted by atomic mass is 10.0. The van der Waals surface area contributed by atoms with E-state index in [1.165, 1.54) is 154 Å². The molecule has 0 aliphatic rings. The van der Waals surface area contributed by atoms with Crippen LogP contribution in [0, 0.1) is 11.8 Å². The number of ether oxygens (including phenoxy) is 3. The van der Waals surface area contributed by atoms with Gasteiger partial charge in [-0.05, 0) is 31.1 Å². The van der Waals surface area contributed by atoms with Crippen LogP contribution in [0.15, 0.2) is 0 Å². The van der Waals surface area contributed by atoms with Crippen molar-refractivity contribution in [3.05, 3.63) is 0 Å². The van der Waals surface area contributed by atoms with Gasteiger partial charge in [-0.15, -0.1) is 0 Å². The Morgan fingerprint density at radius 2 is 0.600 bits per heavy atom. The zero-order valence-corrected chi connectivity index (χ0v) is 37.6. The topological polar surface area (TPSA) is 78.9 Å². The molecule has 0 fully saturated rings. The number of carbonyl (C=O) groups excluding carboxylic acids is 3. The second-order valence-corrected chi connectivity index (χ2v) is 17.7. The molecule has 0 N–H and O–H groups in total. The first-order valence-electron chi connectivity index (χ1n) is 24.2. The molecule has 0 aliphatic heterocycles. The van der Waals surface area contributed by atoms with Gasteiger partial charge in [-0.25, -0.2) is 0 Å². The predicted molar refractivity (Wildman–Crippen MR) is 233 cm³/mol. The molecule has 326 valence electrons. The first-order chi connectivity index (χ1) is 26.7. The Hall–Kier alpha value is -1.59. The third kappa shape index (κ3) is 43.4. The van der Waals surface area contributed by atoms with Crippen molar-refractivity contribution >= 4 is 17.9 Å². The second kappa shape index (κ2) is 42.0. The minimum Gasteiger partial charge on any atom is -0.462 e. The summed E-state index contributed by atoms with van der Waals surface area (Å²) in [4.78, 5) is 37.8. The van der Waals surface area contributed by atoms with Crippen LogP contribution in [-0.4, -0.2) is 37.2 Å². The molecule has 0 rings (SSSR count). The fraction of sp³-hybridized carbons (Fsp3) is 0.939. The van der Waals surface area contributed by atoms with Crippen molar-refractivity contribution in [1.29, 1.82) is 0 Å². The van der Waals surface area contributed by atoms with Crippen LogP contribution in [0.3, 0.4) is 0 Å². The van der Waals surface area contributed by atoms with Gasteiger partial charge in [0.25, 0.3) is 0 Å². The third-order valence-corrected chi connectivity index (χ3v) is 11.0. The maximum atomic E-state index is 12.7. The average Bonchev–Trinajstić information content (AvgIpc) is 3.15. The van der Waals surface area contributed by atoms with Gasteiger partial charge in [0.15, 0.2) is 6.10 Å². The van der Waals surface area contributed by atoms with Gasteiger partial charge >= 0.3 is 17.9 Å². The maximum Gasteiger partial charge on any atom is 0.306 e. The van der Waals surface area contributed by atoms with Gasteiger partial charge in [-0.3, -0.25) is 14.4 Å². The van der Waals surface area contributed by atoms with E-state index in [4.69, 9.17) is 14.2 Å². The van der Waals surface area contributed by atoms with Crippen molar-refractivity contribution in [2.75, 3.05) is 13.2 Å². The van der Waals surface area contributed by atoms with E-state index >= 15 is 0 Å². The highest BCUT2D eigenvalue weighted by molar-refractivity contribution is 5.71. The molecule has 0 aromatic carbocycles. The quantitative estimate of drug-likeness (QED) is 0.0348. The highest BCUT2D eigenvalue weighted by Gasteiger charge is 2.19. The molecule has 0 spiro atoms. The van der Waals surface area contributed by atoms with Crippen LogP contribution in [0.1, 0.15) is 266 Å². The van der Waals surface area contributed by atoms with Crippen molar-refractivity contribution in [3.63, 3.8) is 0 Å². The molecule has 0 amide bonds. The molecule has 1 atom stereocenters. The fourth-order valence-electron chi connectivity index (χ4n) is 7.28. The van der Waals surface area contributed by atoms with E-state index in [1.807, 2.05) is 0 Å². The predicted octanol–water partition coefficient (Wildman–Crippen LogP) is 15.4. The van der Waals surface area contributed by atoms with E-state index in [9.17, 15) is 14.4 Å². The summed E-state index contributed by atoms with van der Waals surface area (Å²) in [6, 6.07) is 0. The molecule has 0 radical (unpaired) electrons. The van der Waals surface area contributed by atoms with Crippen LogP contribution in [0.4, 0.5) is 0 Å². The van der Waals surface area contributed by atoms with Gasteiger partial charge in [0, 0.05) is 19.3 Å². The number of carbonyl (C=O) groups is 3. The lowest BCUT2D eigenvalue weighted by molar-refractivity contribution is -0.167. The lowest BCUT2D eigenvalue weighted by Crippen LogP contribution is -2.30. The van der Waals surface area contributed by atoms with Crippen LogP contribution < -0.4 is 0 Å². The molecule has 0 aromatic heterocycles. The van der Waals surface area contributed by atoms with Crippen LogP contribution in [-0.2, 0) is 28.6 Å². The van der Waals surface area contributed by atoms with Crippen molar-refractivity contribution in [2.45, 2.75) is 272 Å². The SMILES string of the molecule is CCCCCCCCCCCCC(=O)OC[C@@H](COC(=O)CCCCCCCCCCCCCCC(C)C)OC(=O)CCCCCCCCCCCC(C)C. The molecule has 0 saturated carbocycles.